The monoisotopic (exact) mass is 259 g/mol. The van der Waals surface area contributed by atoms with Crippen molar-refractivity contribution in [2.75, 3.05) is 17.2 Å². The Morgan fingerprint density at radius 3 is 2.74 bits per heavy atom. The summed E-state index contributed by atoms with van der Waals surface area (Å²) in [5.41, 5.74) is 2.36. The van der Waals surface area contributed by atoms with E-state index in [2.05, 4.69) is 15.8 Å². The van der Waals surface area contributed by atoms with Crippen molar-refractivity contribution >= 4 is 17.3 Å². The second-order valence-electron chi connectivity index (χ2n) is 4.18. The average molecular weight is 259 g/mol. The number of aryl methyl sites for hydroxylation is 2. The number of nitrogens with zero attached hydrogens (tertiary/aromatic N) is 1. The molecule has 0 aliphatic heterocycles. The van der Waals surface area contributed by atoms with Crippen molar-refractivity contribution in [1.82, 2.24) is 5.16 Å². The van der Waals surface area contributed by atoms with Crippen LogP contribution in [0.1, 0.15) is 18.4 Å². The molecule has 0 unspecified atom stereocenters. The molecule has 0 aliphatic carbocycles. The minimum Gasteiger partial charge on any atom is -0.376 e. The lowest BCUT2D eigenvalue weighted by Crippen LogP contribution is -2.22. The van der Waals surface area contributed by atoms with E-state index in [9.17, 15) is 4.79 Å². The molecule has 2 aromatic rings. The minimum atomic E-state index is -0.121. The lowest BCUT2D eigenvalue weighted by molar-refractivity contribution is -0.114. The number of hydrogen-bond acceptors (Lipinski definition) is 4. The van der Waals surface area contributed by atoms with E-state index >= 15 is 0 Å². The summed E-state index contributed by atoms with van der Waals surface area (Å²) in [6.07, 6.45) is 0.721. The van der Waals surface area contributed by atoms with Gasteiger partial charge in [-0.15, -0.1) is 0 Å². The molecular formula is C14H17N3O2. The number of benzene rings is 1. The van der Waals surface area contributed by atoms with E-state index < -0.39 is 0 Å². The summed E-state index contributed by atoms with van der Waals surface area (Å²) in [5.74, 6) is 0.509. The van der Waals surface area contributed by atoms with Crippen molar-refractivity contribution in [2.24, 2.45) is 0 Å². The van der Waals surface area contributed by atoms with Crippen molar-refractivity contribution in [3.05, 3.63) is 41.8 Å². The van der Waals surface area contributed by atoms with Gasteiger partial charge in [0.2, 0.25) is 5.91 Å². The fourth-order valence-electron chi connectivity index (χ4n) is 1.74. The van der Waals surface area contributed by atoms with Crippen molar-refractivity contribution in [1.29, 1.82) is 0 Å². The van der Waals surface area contributed by atoms with Crippen LogP contribution >= 0.6 is 0 Å². The molecule has 1 amide bonds. The SMILES string of the molecule is CCc1noc(C)c1NC(=O)CNc1ccccc1. The van der Waals surface area contributed by atoms with E-state index in [-0.39, 0.29) is 12.5 Å². The van der Waals surface area contributed by atoms with Crippen molar-refractivity contribution in [2.45, 2.75) is 20.3 Å². The highest BCUT2D eigenvalue weighted by atomic mass is 16.5. The molecule has 0 atom stereocenters. The molecular weight excluding hydrogens is 242 g/mol. The maximum atomic E-state index is 11.9. The first-order valence-corrected chi connectivity index (χ1v) is 6.24. The van der Waals surface area contributed by atoms with E-state index in [1.54, 1.807) is 6.92 Å². The Balaban J connectivity index is 1.93. The second-order valence-corrected chi connectivity index (χ2v) is 4.18. The molecule has 0 fully saturated rings. The van der Waals surface area contributed by atoms with Crippen molar-refractivity contribution in [3.8, 4) is 0 Å². The smallest absolute Gasteiger partial charge is 0.243 e. The lowest BCUT2D eigenvalue weighted by atomic mass is 10.2. The predicted octanol–water partition coefficient (Wildman–Crippen LogP) is 2.60. The zero-order chi connectivity index (χ0) is 13.7. The van der Waals surface area contributed by atoms with Gasteiger partial charge >= 0.3 is 0 Å². The number of amides is 1. The zero-order valence-corrected chi connectivity index (χ0v) is 11.1. The molecule has 0 bridgehead atoms. The van der Waals surface area contributed by atoms with Crippen LogP contribution in [0.2, 0.25) is 0 Å². The van der Waals surface area contributed by atoms with Gasteiger partial charge in [-0.05, 0) is 25.5 Å². The molecule has 19 heavy (non-hydrogen) atoms. The number of aromatic nitrogens is 1. The molecule has 2 rings (SSSR count). The number of para-hydroxylation sites is 1. The van der Waals surface area contributed by atoms with Crippen LogP contribution in [0.25, 0.3) is 0 Å². The highest BCUT2D eigenvalue weighted by molar-refractivity contribution is 5.94. The van der Waals surface area contributed by atoms with Crippen molar-refractivity contribution in [3.63, 3.8) is 0 Å². The standard InChI is InChI=1S/C14H17N3O2/c1-3-12-14(10(2)19-17-12)16-13(18)9-15-11-7-5-4-6-8-11/h4-8,15H,3,9H2,1-2H3,(H,16,18). The van der Waals surface area contributed by atoms with E-state index in [1.807, 2.05) is 37.3 Å². The first kappa shape index (κ1) is 13.1. The number of hydrogen-bond donors (Lipinski definition) is 2. The van der Waals surface area contributed by atoms with Crippen LogP contribution in [-0.2, 0) is 11.2 Å². The van der Waals surface area contributed by atoms with E-state index in [0.717, 1.165) is 17.8 Å². The van der Waals surface area contributed by atoms with E-state index in [0.29, 0.717) is 11.4 Å². The molecule has 2 N–H and O–H groups in total. The van der Waals surface area contributed by atoms with Gasteiger partial charge in [-0.1, -0.05) is 30.3 Å². The van der Waals surface area contributed by atoms with Crippen LogP contribution < -0.4 is 10.6 Å². The highest BCUT2D eigenvalue weighted by Crippen LogP contribution is 2.20. The fourth-order valence-corrected chi connectivity index (χ4v) is 1.74. The molecule has 100 valence electrons. The average Bonchev–Trinajstić information content (AvgIpc) is 2.78. The van der Waals surface area contributed by atoms with Gasteiger partial charge in [0.25, 0.3) is 0 Å². The zero-order valence-electron chi connectivity index (χ0n) is 11.1. The summed E-state index contributed by atoms with van der Waals surface area (Å²) in [4.78, 5) is 11.9. The van der Waals surface area contributed by atoms with Gasteiger partial charge in [-0.2, -0.15) is 0 Å². The molecule has 1 aromatic heterocycles. The largest absolute Gasteiger partial charge is 0.376 e. The Hall–Kier alpha value is -2.30. The third kappa shape index (κ3) is 3.34. The van der Waals surface area contributed by atoms with Crippen LogP contribution in [0.4, 0.5) is 11.4 Å². The van der Waals surface area contributed by atoms with Gasteiger partial charge in [0.1, 0.15) is 11.4 Å². The highest BCUT2D eigenvalue weighted by Gasteiger charge is 2.13. The summed E-state index contributed by atoms with van der Waals surface area (Å²) in [5, 5.41) is 9.77. The maximum Gasteiger partial charge on any atom is 0.243 e. The molecule has 5 nitrogen and oxygen atoms in total. The summed E-state index contributed by atoms with van der Waals surface area (Å²) < 4.78 is 5.07. The quantitative estimate of drug-likeness (QED) is 0.866. The van der Waals surface area contributed by atoms with Crippen LogP contribution in [0.15, 0.2) is 34.9 Å². The van der Waals surface area contributed by atoms with Gasteiger partial charge in [0.15, 0.2) is 5.76 Å². The molecule has 1 heterocycles. The van der Waals surface area contributed by atoms with Gasteiger partial charge in [-0.3, -0.25) is 4.79 Å². The number of carbonyl (C=O) groups excluding carboxylic acids is 1. The normalized spacial score (nSPS) is 10.2. The molecule has 1 aromatic carbocycles. The lowest BCUT2D eigenvalue weighted by Gasteiger charge is -2.07. The second kappa shape index (κ2) is 6.04. The van der Waals surface area contributed by atoms with Crippen molar-refractivity contribution < 1.29 is 9.32 Å². The predicted molar refractivity (Wildman–Crippen MR) is 74.2 cm³/mol. The third-order valence-corrected chi connectivity index (χ3v) is 2.76. The van der Waals surface area contributed by atoms with Crippen LogP contribution in [-0.4, -0.2) is 17.6 Å². The topological polar surface area (TPSA) is 67.2 Å². The molecule has 0 saturated heterocycles. The Morgan fingerprint density at radius 2 is 2.05 bits per heavy atom. The van der Waals surface area contributed by atoms with Gasteiger partial charge < -0.3 is 15.2 Å². The summed E-state index contributed by atoms with van der Waals surface area (Å²) in [6, 6.07) is 9.59. The van der Waals surface area contributed by atoms with E-state index in [4.69, 9.17) is 4.52 Å². The molecule has 5 heteroatoms. The van der Waals surface area contributed by atoms with E-state index in [1.165, 1.54) is 0 Å². The number of carbonyl (C=O) groups is 1. The van der Waals surface area contributed by atoms with Gasteiger partial charge in [0.05, 0.1) is 6.54 Å². The van der Waals surface area contributed by atoms with Gasteiger partial charge in [0, 0.05) is 5.69 Å². The third-order valence-electron chi connectivity index (χ3n) is 2.76. The Kier molecular flexibility index (Phi) is 4.18. The number of nitrogens with one attached hydrogen (secondary N) is 2. The number of anilines is 2. The first-order valence-electron chi connectivity index (χ1n) is 6.24. The Labute approximate surface area is 112 Å². The van der Waals surface area contributed by atoms with Crippen LogP contribution in [0.5, 0.6) is 0 Å². The fraction of sp³-hybridized carbons (Fsp3) is 0.286. The first-order chi connectivity index (χ1) is 9.20. The van der Waals surface area contributed by atoms with Crippen LogP contribution in [0, 0.1) is 6.92 Å². The molecule has 0 radical (unpaired) electrons. The summed E-state index contributed by atoms with van der Waals surface area (Å²) >= 11 is 0. The molecule has 0 saturated carbocycles. The van der Waals surface area contributed by atoms with Gasteiger partial charge in [-0.25, -0.2) is 0 Å². The number of rotatable bonds is 5. The maximum absolute atomic E-state index is 11.9. The summed E-state index contributed by atoms with van der Waals surface area (Å²) in [6.45, 7) is 3.96. The van der Waals surface area contributed by atoms with Crippen LogP contribution in [0.3, 0.4) is 0 Å². The Bertz CT molecular complexity index is 549. The Morgan fingerprint density at radius 1 is 1.32 bits per heavy atom. The summed E-state index contributed by atoms with van der Waals surface area (Å²) in [7, 11) is 0. The molecule has 0 aliphatic rings. The minimum absolute atomic E-state index is 0.121. The molecule has 0 spiro atoms.